The highest BCUT2D eigenvalue weighted by Crippen LogP contribution is 2.37. The molecule has 0 amide bonds. The maximum atomic E-state index is 11.6. The van der Waals surface area contributed by atoms with Crippen LogP contribution in [0, 0.1) is 5.41 Å². The van der Waals surface area contributed by atoms with Crippen LogP contribution >= 0.6 is 0 Å². The molecule has 0 radical (unpaired) electrons. The van der Waals surface area contributed by atoms with Crippen molar-refractivity contribution < 1.29 is 9.90 Å². The molecular weight excluding hydrogens is 214 g/mol. The number of hydrogen-bond donors (Lipinski definition) is 1. The lowest BCUT2D eigenvalue weighted by molar-refractivity contribution is -0.152. The molecule has 0 heterocycles. The predicted octanol–water partition coefficient (Wildman–Crippen LogP) is 3.14. The first-order valence-electron chi connectivity index (χ1n) is 7.10. The lowest BCUT2D eigenvalue weighted by atomic mass is 9.73. The number of carboxylic acids is 1. The molecule has 0 aromatic carbocycles. The molecule has 1 N–H and O–H groups in total. The molecule has 0 aromatic heterocycles. The lowest BCUT2D eigenvalue weighted by Crippen LogP contribution is -2.45. The van der Waals surface area contributed by atoms with Crippen LogP contribution in [-0.4, -0.2) is 35.6 Å². The molecule has 1 aliphatic rings. The summed E-state index contributed by atoms with van der Waals surface area (Å²) in [6.45, 7) is 7.14. The van der Waals surface area contributed by atoms with E-state index in [1.165, 1.54) is 6.42 Å². The van der Waals surface area contributed by atoms with Crippen molar-refractivity contribution in [3.63, 3.8) is 0 Å². The molecule has 17 heavy (non-hydrogen) atoms. The molecule has 0 unspecified atom stereocenters. The SMILES string of the molecule is CCCN(CCC)CC1(C(=O)O)CCCCC1. The Morgan fingerprint density at radius 3 is 2.06 bits per heavy atom. The quantitative estimate of drug-likeness (QED) is 0.744. The van der Waals surface area contributed by atoms with Gasteiger partial charge >= 0.3 is 5.97 Å². The third-order valence-electron chi connectivity index (χ3n) is 3.87. The lowest BCUT2D eigenvalue weighted by Gasteiger charge is -2.37. The molecule has 1 fully saturated rings. The fraction of sp³-hybridized carbons (Fsp3) is 0.929. The Morgan fingerprint density at radius 2 is 1.65 bits per heavy atom. The van der Waals surface area contributed by atoms with Crippen LogP contribution in [0.1, 0.15) is 58.8 Å². The topological polar surface area (TPSA) is 40.5 Å². The molecule has 1 aliphatic carbocycles. The van der Waals surface area contributed by atoms with Gasteiger partial charge in [-0.1, -0.05) is 33.1 Å². The van der Waals surface area contributed by atoms with Crippen molar-refractivity contribution in [3.05, 3.63) is 0 Å². The molecule has 100 valence electrons. The monoisotopic (exact) mass is 241 g/mol. The van der Waals surface area contributed by atoms with Crippen LogP contribution in [0.4, 0.5) is 0 Å². The zero-order chi connectivity index (χ0) is 12.7. The van der Waals surface area contributed by atoms with E-state index in [4.69, 9.17) is 0 Å². The first kappa shape index (κ1) is 14.5. The van der Waals surface area contributed by atoms with Gasteiger partial charge in [-0.05, 0) is 38.8 Å². The van der Waals surface area contributed by atoms with E-state index in [0.717, 1.165) is 58.2 Å². The summed E-state index contributed by atoms with van der Waals surface area (Å²) in [6, 6.07) is 0. The molecule has 0 bridgehead atoms. The van der Waals surface area contributed by atoms with Crippen molar-refractivity contribution >= 4 is 5.97 Å². The highest BCUT2D eigenvalue weighted by molar-refractivity contribution is 5.75. The summed E-state index contributed by atoms with van der Waals surface area (Å²) in [5.74, 6) is -0.575. The van der Waals surface area contributed by atoms with Gasteiger partial charge in [0.1, 0.15) is 0 Å². The summed E-state index contributed by atoms with van der Waals surface area (Å²) >= 11 is 0. The first-order valence-corrected chi connectivity index (χ1v) is 7.10. The Balaban J connectivity index is 2.66. The fourth-order valence-electron chi connectivity index (χ4n) is 3.00. The first-order chi connectivity index (χ1) is 8.14. The molecule has 0 aromatic rings. The standard InChI is InChI=1S/C14H27NO2/c1-3-10-15(11-4-2)12-14(13(16)17)8-6-5-7-9-14/h3-12H2,1-2H3,(H,16,17). The van der Waals surface area contributed by atoms with E-state index in [2.05, 4.69) is 18.7 Å². The third-order valence-corrected chi connectivity index (χ3v) is 3.87. The van der Waals surface area contributed by atoms with Crippen LogP contribution < -0.4 is 0 Å². The second kappa shape index (κ2) is 7.00. The number of carboxylic acid groups (broad SMARTS) is 1. The van der Waals surface area contributed by atoms with E-state index in [1.807, 2.05) is 0 Å². The maximum Gasteiger partial charge on any atom is 0.310 e. The Morgan fingerprint density at radius 1 is 1.12 bits per heavy atom. The van der Waals surface area contributed by atoms with Crippen molar-refractivity contribution in [1.29, 1.82) is 0 Å². The number of aliphatic carboxylic acids is 1. The van der Waals surface area contributed by atoms with Gasteiger partial charge in [-0.25, -0.2) is 0 Å². The van der Waals surface area contributed by atoms with E-state index in [0.29, 0.717) is 0 Å². The molecule has 0 saturated heterocycles. The summed E-state index contributed by atoms with van der Waals surface area (Å²) in [5.41, 5.74) is -0.456. The predicted molar refractivity (Wildman–Crippen MR) is 70.2 cm³/mol. The van der Waals surface area contributed by atoms with Gasteiger partial charge in [-0.3, -0.25) is 4.79 Å². The molecule has 0 spiro atoms. The smallest absolute Gasteiger partial charge is 0.310 e. The van der Waals surface area contributed by atoms with Crippen LogP contribution in [0.5, 0.6) is 0 Å². The zero-order valence-electron chi connectivity index (χ0n) is 11.4. The summed E-state index contributed by atoms with van der Waals surface area (Å²) in [6.07, 6.45) is 7.32. The van der Waals surface area contributed by atoms with Gasteiger partial charge in [-0.2, -0.15) is 0 Å². The van der Waals surface area contributed by atoms with Gasteiger partial charge in [0.25, 0.3) is 0 Å². The van der Waals surface area contributed by atoms with Gasteiger partial charge < -0.3 is 10.0 Å². The van der Waals surface area contributed by atoms with E-state index in [9.17, 15) is 9.90 Å². The van der Waals surface area contributed by atoms with Crippen LogP contribution in [0.3, 0.4) is 0 Å². The van der Waals surface area contributed by atoms with Crippen LogP contribution in [0.15, 0.2) is 0 Å². The van der Waals surface area contributed by atoms with Crippen molar-refractivity contribution in [2.75, 3.05) is 19.6 Å². The van der Waals surface area contributed by atoms with Crippen LogP contribution in [0.2, 0.25) is 0 Å². The molecule has 1 saturated carbocycles. The maximum absolute atomic E-state index is 11.6. The highest BCUT2D eigenvalue weighted by Gasteiger charge is 2.40. The second-order valence-corrected chi connectivity index (χ2v) is 5.42. The van der Waals surface area contributed by atoms with Gasteiger partial charge in [-0.15, -0.1) is 0 Å². The Labute approximate surface area is 105 Å². The van der Waals surface area contributed by atoms with Crippen molar-refractivity contribution in [3.8, 4) is 0 Å². The summed E-state index contributed by atoms with van der Waals surface area (Å²) in [5, 5.41) is 9.55. The molecule has 3 nitrogen and oxygen atoms in total. The number of carbonyl (C=O) groups is 1. The number of hydrogen-bond acceptors (Lipinski definition) is 2. The number of rotatable bonds is 7. The largest absolute Gasteiger partial charge is 0.481 e. The van der Waals surface area contributed by atoms with Gasteiger partial charge in [0.05, 0.1) is 5.41 Å². The average Bonchev–Trinajstić information content (AvgIpc) is 2.30. The highest BCUT2D eigenvalue weighted by atomic mass is 16.4. The summed E-state index contributed by atoms with van der Waals surface area (Å²) in [4.78, 5) is 13.9. The Hall–Kier alpha value is -0.570. The summed E-state index contributed by atoms with van der Waals surface area (Å²) < 4.78 is 0. The van der Waals surface area contributed by atoms with Crippen molar-refractivity contribution in [2.45, 2.75) is 58.8 Å². The minimum Gasteiger partial charge on any atom is -0.481 e. The van der Waals surface area contributed by atoms with Crippen LogP contribution in [-0.2, 0) is 4.79 Å². The van der Waals surface area contributed by atoms with Crippen molar-refractivity contribution in [2.24, 2.45) is 5.41 Å². The van der Waals surface area contributed by atoms with Gasteiger partial charge in [0.2, 0.25) is 0 Å². The van der Waals surface area contributed by atoms with Gasteiger partial charge in [0, 0.05) is 6.54 Å². The van der Waals surface area contributed by atoms with E-state index in [1.54, 1.807) is 0 Å². The Kier molecular flexibility index (Phi) is 5.96. The average molecular weight is 241 g/mol. The minimum absolute atomic E-state index is 0.456. The van der Waals surface area contributed by atoms with E-state index < -0.39 is 11.4 Å². The molecule has 0 atom stereocenters. The second-order valence-electron chi connectivity index (χ2n) is 5.42. The fourth-order valence-corrected chi connectivity index (χ4v) is 3.00. The van der Waals surface area contributed by atoms with Crippen molar-refractivity contribution in [1.82, 2.24) is 4.90 Å². The molecule has 1 rings (SSSR count). The molecular formula is C14H27NO2. The van der Waals surface area contributed by atoms with Crippen LogP contribution in [0.25, 0.3) is 0 Å². The third kappa shape index (κ3) is 3.98. The summed E-state index contributed by atoms with van der Waals surface area (Å²) in [7, 11) is 0. The van der Waals surface area contributed by atoms with Gasteiger partial charge in [0.15, 0.2) is 0 Å². The normalized spacial score (nSPS) is 19.5. The van der Waals surface area contributed by atoms with E-state index in [-0.39, 0.29) is 0 Å². The minimum atomic E-state index is -0.575. The molecule has 3 heteroatoms. The molecule has 0 aliphatic heterocycles. The Bertz CT molecular complexity index is 228. The van der Waals surface area contributed by atoms with E-state index >= 15 is 0 Å². The zero-order valence-corrected chi connectivity index (χ0v) is 11.4. The number of nitrogens with zero attached hydrogens (tertiary/aromatic N) is 1.